The minimum absolute atomic E-state index is 0.228. The second-order valence-electron chi connectivity index (χ2n) is 7.61. The van der Waals surface area contributed by atoms with E-state index >= 15 is 0 Å². The Bertz CT molecular complexity index is 1070. The fourth-order valence-electron chi connectivity index (χ4n) is 3.27. The van der Waals surface area contributed by atoms with Crippen molar-refractivity contribution in [1.82, 2.24) is 25.1 Å². The molecular weight excluding hydrogens is 442 g/mol. The molecule has 1 N–H and O–H groups in total. The highest BCUT2D eigenvalue weighted by Gasteiger charge is 2.21. The van der Waals surface area contributed by atoms with Gasteiger partial charge in [-0.05, 0) is 35.7 Å². The molecular formula is C23H29N5O4S. The molecule has 0 fully saturated rings. The van der Waals surface area contributed by atoms with Gasteiger partial charge in [0.25, 0.3) is 5.91 Å². The molecule has 0 aliphatic carbocycles. The van der Waals surface area contributed by atoms with Gasteiger partial charge in [0.05, 0.1) is 33.4 Å². The third-order valence-corrected chi connectivity index (χ3v) is 5.85. The van der Waals surface area contributed by atoms with Gasteiger partial charge in [-0.1, -0.05) is 25.6 Å². The van der Waals surface area contributed by atoms with Gasteiger partial charge in [-0.2, -0.15) is 0 Å². The minimum atomic E-state index is -0.308. The fourth-order valence-corrected chi connectivity index (χ4v) is 4.19. The summed E-state index contributed by atoms with van der Waals surface area (Å²) in [5.74, 6) is 2.69. The van der Waals surface area contributed by atoms with Crippen LogP contribution >= 0.6 is 11.8 Å². The molecule has 0 aliphatic rings. The molecule has 3 aromatic rings. The molecule has 10 heteroatoms. The van der Waals surface area contributed by atoms with Crippen molar-refractivity contribution in [2.45, 2.75) is 37.8 Å². The van der Waals surface area contributed by atoms with Gasteiger partial charge in [0, 0.05) is 24.7 Å². The lowest BCUT2D eigenvalue weighted by Gasteiger charge is -2.16. The summed E-state index contributed by atoms with van der Waals surface area (Å²) < 4.78 is 18.2. The molecule has 0 atom stereocenters. The van der Waals surface area contributed by atoms with Crippen molar-refractivity contribution < 1.29 is 19.0 Å². The van der Waals surface area contributed by atoms with Gasteiger partial charge in [-0.15, -0.1) is 10.2 Å². The first-order valence-corrected chi connectivity index (χ1v) is 11.5. The van der Waals surface area contributed by atoms with E-state index in [2.05, 4.69) is 38.9 Å². The van der Waals surface area contributed by atoms with Crippen LogP contribution in [0.25, 0.3) is 0 Å². The SMILES string of the molecule is COc1ccc(C(=O)NCc2nnc(SCc3ccncc3)n2CC(C)C)c(OC)c1OC. The van der Waals surface area contributed by atoms with E-state index in [-0.39, 0.29) is 12.5 Å². The predicted molar refractivity (Wildman–Crippen MR) is 126 cm³/mol. The number of hydrogen-bond acceptors (Lipinski definition) is 8. The molecule has 176 valence electrons. The van der Waals surface area contributed by atoms with E-state index in [1.807, 2.05) is 12.1 Å². The summed E-state index contributed by atoms with van der Waals surface area (Å²) in [5.41, 5.74) is 1.50. The van der Waals surface area contributed by atoms with Crippen LogP contribution in [0, 0.1) is 5.92 Å². The Morgan fingerprint density at radius 3 is 2.39 bits per heavy atom. The Kier molecular flexibility index (Phi) is 8.53. The number of nitrogens with one attached hydrogen (secondary N) is 1. The summed E-state index contributed by atoms with van der Waals surface area (Å²) in [5, 5.41) is 12.4. The first-order valence-electron chi connectivity index (χ1n) is 10.5. The van der Waals surface area contributed by atoms with Crippen LogP contribution in [0.15, 0.2) is 41.8 Å². The molecule has 0 aliphatic heterocycles. The zero-order valence-electron chi connectivity index (χ0n) is 19.5. The van der Waals surface area contributed by atoms with Gasteiger partial charge in [-0.3, -0.25) is 9.78 Å². The van der Waals surface area contributed by atoms with Crippen LogP contribution in [0.2, 0.25) is 0 Å². The first-order chi connectivity index (χ1) is 16.0. The number of aromatic nitrogens is 4. The predicted octanol–water partition coefficient (Wildman–Crippen LogP) is 3.58. The number of methoxy groups -OCH3 is 3. The van der Waals surface area contributed by atoms with Crippen molar-refractivity contribution in [3.05, 3.63) is 53.6 Å². The van der Waals surface area contributed by atoms with E-state index in [0.29, 0.717) is 34.6 Å². The molecule has 0 spiro atoms. The van der Waals surface area contributed by atoms with Crippen LogP contribution in [-0.2, 0) is 18.8 Å². The van der Waals surface area contributed by atoms with E-state index in [1.165, 1.54) is 21.3 Å². The largest absolute Gasteiger partial charge is 0.493 e. The highest BCUT2D eigenvalue weighted by Crippen LogP contribution is 2.39. The van der Waals surface area contributed by atoms with E-state index in [4.69, 9.17) is 14.2 Å². The van der Waals surface area contributed by atoms with Gasteiger partial charge in [0.1, 0.15) is 0 Å². The van der Waals surface area contributed by atoms with Gasteiger partial charge < -0.3 is 24.1 Å². The first kappa shape index (κ1) is 24.4. The number of carbonyl (C=O) groups excluding carboxylic acids is 1. The van der Waals surface area contributed by atoms with Crippen LogP contribution < -0.4 is 19.5 Å². The number of rotatable bonds is 11. The maximum atomic E-state index is 13.0. The molecule has 2 aromatic heterocycles. The van der Waals surface area contributed by atoms with E-state index in [0.717, 1.165) is 23.0 Å². The molecule has 1 aromatic carbocycles. The molecule has 9 nitrogen and oxygen atoms in total. The van der Waals surface area contributed by atoms with Gasteiger partial charge in [-0.25, -0.2) is 0 Å². The number of pyridine rings is 1. The topological polar surface area (TPSA) is 100 Å². The lowest BCUT2D eigenvalue weighted by molar-refractivity contribution is 0.0945. The van der Waals surface area contributed by atoms with Crippen molar-refractivity contribution in [2.75, 3.05) is 21.3 Å². The minimum Gasteiger partial charge on any atom is -0.493 e. The summed E-state index contributed by atoms with van der Waals surface area (Å²) >= 11 is 1.61. The third-order valence-electron chi connectivity index (χ3n) is 4.81. The highest BCUT2D eigenvalue weighted by atomic mass is 32.2. The van der Waals surface area contributed by atoms with Crippen LogP contribution in [0.5, 0.6) is 17.2 Å². The van der Waals surface area contributed by atoms with Crippen LogP contribution in [0.3, 0.4) is 0 Å². The Morgan fingerprint density at radius 2 is 1.76 bits per heavy atom. The number of carbonyl (C=O) groups is 1. The molecule has 2 heterocycles. The zero-order chi connectivity index (χ0) is 23.8. The Balaban J connectivity index is 1.76. The molecule has 0 saturated carbocycles. The fraction of sp³-hybridized carbons (Fsp3) is 0.391. The summed E-state index contributed by atoms with van der Waals surface area (Å²) in [7, 11) is 4.52. The smallest absolute Gasteiger partial charge is 0.255 e. The molecule has 1 amide bonds. The Hall–Kier alpha value is -3.27. The van der Waals surface area contributed by atoms with Gasteiger partial charge >= 0.3 is 0 Å². The number of benzene rings is 1. The maximum Gasteiger partial charge on any atom is 0.255 e. The van der Waals surface area contributed by atoms with Gasteiger partial charge in [0.15, 0.2) is 22.5 Å². The van der Waals surface area contributed by atoms with Crippen molar-refractivity contribution in [3.63, 3.8) is 0 Å². The van der Waals surface area contributed by atoms with Gasteiger partial charge in [0.2, 0.25) is 5.75 Å². The number of ether oxygens (including phenoxy) is 3. The van der Waals surface area contributed by atoms with E-state index in [9.17, 15) is 4.79 Å². The van der Waals surface area contributed by atoms with Crippen molar-refractivity contribution >= 4 is 17.7 Å². The zero-order valence-corrected chi connectivity index (χ0v) is 20.3. The van der Waals surface area contributed by atoms with Crippen molar-refractivity contribution in [2.24, 2.45) is 5.92 Å². The number of nitrogens with zero attached hydrogens (tertiary/aromatic N) is 4. The van der Waals surface area contributed by atoms with Crippen LogP contribution in [-0.4, -0.2) is 47.0 Å². The van der Waals surface area contributed by atoms with Crippen LogP contribution in [0.4, 0.5) is 0 Å². The monoisotopic (exact) mass is 471 g/mol. The van der Waals surface area contributed by atoms with Crippen molar-refractivity contribution in [3.8, 4) is 17.2 Å². The van der Waals surface area contributed by atoms with Crippen molar-refractivity contribution in [1.29, 1.82) is 0 Å². The highest BCUT2D eigenvalue weighted by molar-refractivity contribution is 7.98. The summed E-state index contributed by atoms with van der Waals surface area (Å²) in [6, 6.07) is 7.28. The van der Waals surface area contributed by atoms with Crippen LogP contribution in [0.1, 0.15) is 35.6 Å². The average Bonchev–Trinajstić information content (AvgIpc) is 3.21. The molecule has 3 rings (SSSR count). The number of amides is 1. The number of hydrogen-bond donors (Lipinski definition) is 1. The number of thioether (sulfide) groups is 1. The second-order valence-corrected chi connectivity index (χ2v) is 8.55. The lowest BCUT2D eigenvalue weighted by atomic mass is 10.1. The molecule has 0 saturated heterocycles. The standard InChI is InChI=1S/C23H29N5O4S/c1-15(2)13-28-19(26-27-23(28)33-14-16-8-10-24-11-9-16)12-25-22(29)17-6-7-18(30-3)21(32-5)20(17)31-4/h6-11,15H,12-14H2,1-5H3,(H,25,29). The second kappa shape index (κ2) is 11.6. The third kappa shape index (κ3) is 5.95. The maximum absolute atomic E-state index is 13.0. The molecule has 0 radical (unpaired) electrons. The quantitative estimate of drug-likeness (QED) is 0.424. The normalized spacial score (nSPS) is 10.8. The average molecular weight is 472 g/mol. The summed E-state index contributed by atoms with van der Waals surface area (Å²) in [6.45, 7) is 5.24. The Morgan fingerprint density at radius 1 is 1.03 bits per heavy atom. The molecule has 33 heavy (non-hydrogen) atoms. The Labute approximate surface area is 197 Å². The molecule has 0 unspecified atom stereocenters. The summed E-state index contributed by atoms with van der Waals surface area (Å²) in [6.07, 6.45) is 3.55. The van der Waals surface area contributed by atoms with E-state index < -0.39 is 0 Å². The molecule has 0 bridgehead atoms. The lowest BCUT2D eigenvalue weighted by Crippen LogP contribution is -2.26. The van der Waals surface area contributed by atoms with E-state index in [1.54, 1.807) is 36.3 Å². The summed E-state index contributed by atoms with van der Waals surface area (Å²) in [4.78, 5) is 17.0.